The summed E-state index contributed by atoms with van der Waals surface area (Å²) < 4.78 is 0.604. The van der Waals surface area contributed by atoms with Gasteiger partial charge in [0.1, 0.15) is 10.5 Å². The van der Waals surface area contributed by atoms with Gasteiger partial charge in [0, 0.05) is 12.6 Å². The first-order chi connectivity index (χ1) is 12.6. The molecule has 1 amide bonds. The molecule has 0 spiro atoms. The monoisotopic (exact) mass is 381 g/mol. The van der Waals surface area contributed by atoms with E-state index in [0.29, 0.717) is 20.9 Å². The summed E-state index contributed by atoms with van der Waals surface area (Å²) in [5.74, 6) is 0.390. The zero-order chi connectivity index (χ0) is 18.1. The molecule has 0 bridgehead atoms. The van der Waals surface area contributed by atoms with Crippen molar-refractivity contribution in [2.24, 2.45) is 0 Å². The van der Waals surface area contributed by atoms with Crippen LogP contribution < -0.4 is 5.56 Å². The maximum atomic E-state index is 12.9. The minimum Gasteiger partial charge on any atom is -0.334 e. The number of amides is 1. The molecule has 7 heteroatoms. The van der Waals surface area contributed by atoms with Gasteiger partial charge in [0.25, 0.3) is 11.5 Å². The third-order valence-electron chi connectivity index (χ3n) is 4.04. The van der Waals surface area contributed by atoms with E-state index in [-0.39, 0.29) is 18.0 Å². The van der Waals surface area contributed by atoms with Gasteiger partial charge in [0.05, 0.1) is 16.9 Å². The van der Waals surface area contributed by atoms with E-state index >= 15 is 0 Å². The lowest BCUT2D eigenvalue weighted by Crippen LogP contribution is -2.28. The van der Waals surface area contributed by atoms with Crippen LogP contribution in [0.3, 0.4) is 0 Å². The Morgan fingerprint density at radius 2 is 1.88 bits per heavy atom. The van der Waals surface area contributed by atoms with Crippen LogP contribution in [0, 0.1) is 0 Å². The van der Waals surface area contributed by atoms with Crippen molar-refractivity contribution in [3.63, 3.8) is 0 Å². The average molecular weight is 381 g/mol. The van der Waals surface area contributed by atoms with E-state index in [0.717, 1.165) is 11.1 Å². The van der Waals surface area contributed by atoms with Crippen LogP contribution in [0.25, 0.3) is 21.3 Å². The molecule has 0 aliphatic carbocycles. The summed E-state index contributed by atoms with van der Waals surface area (Å²) in [5, 5.41) is 3.75. The Kier molecular flexibility index (Phi) is 4.40. The number of rotatable bonds is 4. The van der Waals surface area contributed by atoms with Gasteiger partial charge in [-0.1, -0.05) is 30.3 Å². The lowest BCUT2D eigenvalue weighted by molar-refractivity contribution is 0.0787. The number of thiophene rings is 2. The Labute approximate surface area is 157 Å². The number of hydrogen-bond donors (Lipinski definition) is 1. The van der Waals surface area contributed by atoms with Crippen LogP contribution >= 0.6 is 22.7 Å². The number of carbonyl (C=O) groups is 1. The van der Waals surface area contributed by atoms with Gasteiger partial charge in [-0.05, 0) is 28.5 Å². The number of aromatic nitrogens is 2. The largest absolute Gasteiger partial charge is 0.334 e. The first kappa shape index (κ1) is 16.7. The highest BCUT2D eigenvalue weighted by atomic mass is 32.1. The van der Waals surface area contributed by atoms with E-state index in [1.807, 2.05) is 53.2 Å². The number of benzene rings is 1. The van der Waals surface area contributed by atoms with Gasteiger partial charge in [-0.2, -0.15) is 0 Å². The van der Waals surface area contributed by atoms with E-state index in [1.165, 1.54) is 22.7 Å². The average Bonchev–Trinajstić information content (AvgIpc) is 3.31. The first-order valence-electron chi connectivity index (χ1n) is 7.98. The fourth-order valence-corrected chi connectivity index (χ4v) is 4.42. The third-order valence-corrected chi connectivity index (χ3v) is 5.85. The molecular formula is C19H15N3O2S2. The zero-order valence-corrected chi connectivity index (χ0v) is 15.6. The maximum Gasteiger partial charge on any atom is 0.268 e. The summed E-state index contributed by atoms with van der Waals surface area (Å²) >= 11 is 2.78. The lowest BCUT2D eigenvalue weighted by Gasteiger charge is -2.16. The highest BCUT2D eigenvalue weighted by Crippen LogP contribution is 2.29. The van der Waals surface area contributed by atoms with E-state index in [1.54, 1.807) is 11.9 Å². The van der Waals surface area contributed by atoms with Crippen LogP contribution in [0.2, 0.25) is 0 Å². The maximum absolute atomic E-state index is 12.9. The van der Waals surface area contributed by atoms with Gasteiger partial charge < -0.3 is 9.88 Å². The van der Waals surface area contributed by atoms with E-state index in [4.69, 9.17) is 0 Å². The second kappa shape index (κ2) is 6.86. The number of fused-ring (bicyclic) bond motifs is 1. The van der Waals surface area contributed by atoms with Crippen molar-refractivity contribution in [2.75, 3.05) is 7.05 Å². The van der Waals surface area contributed by atoms with Crippen molar-refractivity contribution >= 4 is 38.8 Å². The third kappa shape index (κ3) is 3.07. The van der Waals surface area contributed by atoms with Crippen LogP contribution in [-0.2, 0) is 6.54 Å². The summed E-state index contributed by atoms with van der Waals surface area (Å²) in [6, 6.07) is 13.6. The molecule has 0 atom stereocenters. The predicted octanol–water partition coefficient (Wildman–Crippen LogP) is 3.99. The lowest BCUT2D eigenvalue weighted by atomic mass is 10.1. The topological polar surface area (TPSA) is 66.1 Å². The van der Waals surface area contributed by atoms with Crippen LogP contribution in [0.1, 0.15) is 15.5 Å². The molecule has 0 aliphatic rings. The van der Waals surface area contributed by atoms with Crippen LogP contribution in [0.4, 0.5) is 0 Å². The molecule has 0 saturated carbocycles. The molecule has 0 fully saturated rings. The van der Waals surface area contributed by atoms with E-state index < -0.39 is 0 Å². The summed E-state index contributed by atoms with van der Waals surface area (Å²) in [6.45, 7) is 0.242. The molecule has 3 aromatic heterocycles. The summed E-state index contributed by atoms with van der Waals surface area (Å²) in [4.78, 5) is 34.5. The molecule has 0 saturated heterocycles. The van der Waals surface area contributed by atoms with Gasteiger partial charge in [0.15, 0.2) is 0 Å². The molecule has 3 heterocycles. The minimum absolute atomic E-state index is 0.0908. The Morgan fingerprint density at radius 1 is 1.12 bits per heavy atom. The standard InChI is InChI=1S/C19H15N3O2S2/c1-22(11-15-20-14-8-10-26-17(14)18(23)21-15)19(24)16-13(7-9-25-16)12-5-3-2-4-6-12/h2-10H,11H2,1H3,(H,20,21,23). The SMILES string of the molecule is CN(Cc1nc2ccsc2c(=O)[nH]1)C(=O)c1sccc1-c1ccccc1. The molecule has 4 aromatic rings. The van der Waals surface area contributed by atoms with Crippen molar-refractivity contribution in [3.05, 3.63) is 74.3 Å². The molecular weight excluding hydrogens is 366 g/mol. The molecule has 1 N–H and O–H groups in total. The highest BCUT2D eigenvalue weighted by Gasteiger charge is 2.19. The van der Waals surface area contributed by atoms with Crippen LogP contribution in [0.5, 0.6) is 0 Å². The normalized spacial score (nSPS) is 11.0. The Hall–Kier alpha value is -2.77. The molecule has 4 rings (SSSR count). The quantitative estimate of drug-likeness (QED) is 0.581. The van der Waals surface area contributed by atoms with Gasteiger partial charge >= 0.3 is 0 Å². The zero-order valence-electron chi connectivity index (χ0n) is 13.9. The Balaban J connectivity index is 1.61. The summed E-state index contributed by atoms with van der Waals surface area (Å²) in [5.41, 5.74) is 2.43. The number of hydrogen-bond acceptors (Lipinski definition) is 5. The molecule has 0 radical (unpaired) electrons. The van der Waals surface area contributed by atoms with Gasteiger partial charge in [-0.25, -0.2) is 4.98 Å². The van der Waals surface area contributed by atoms with Crippen molar-refractivity contribution in [3.8, 4) is 11.1 Å². The van der Waals surface area contributed by atoms with Gasteiger partial charge in [0.2, 0.25) is 0 Å². The van der Waals surface area contributed by atoms with E-state index in [2.05, 4.69) is 9.97 Å². The molecule has 26 heavy (non-hydrogen) atoms. The molecule has 1 aromatic carbocycles. The summed E-state index contributed by atoms with van der Waals surface area (Å²) in [7, 11) is 1.72. The molecule has 0 aliphatic heterocycles. The number of H-pyrrole nitrogens is 1. The number of nitrogens with zero attached hydrogens (tertiary/aromatic N) is 2. The van der Waals surface area contributed by atoms with Crippen molar-refractivity contribution in [2.45, 2.75) is 6.54 Å². The second-order valence-corrected chi connectivity index (χ2v) is 7.67. The number of carbonyl (C=O) groups excluding carboxylic acids is 1. The summed E-state index contributed by atoms with van der Waals surface area (Å²) in [6.07, 6.45) is 0. The highest BCUT2D eigenvalue weighted by molar-refractivity contribution is 7.17. The predicted molar refractivity (Wildman–Crippen MR) is 106 cm³/mol. The molecule has 0 unspecified atom stereocenters. The van der Waals surface area contributed by atoms with Crippen molar-refractivity contribution < 1.29 is 4.79 Å². The first-order valence-corrected chi connectivity index (χ1v) is 9.74. The smallest absolute Gasteiger partial charge is 0.268 e. The number of aromatic amines is 1. The molecule has 5 nitrogen and oxygen atoms in total. The minimum atomic E-state index is -0.165. The fourth-order valence-electron chi connectivity index (χ4n) is 2.79. The number of nitrogens with one attached hydrogen (secondary N) is 1. The van der Waals surface area contributed by atoms with E-state index in [9.17, 15) is 9.59 Å². The van der Waals surface area contributed by atoms with Crippen molar-refractivity contribution in [1.29, 1.82) is 0 Å². The van der Waals surface area contributed by atoms with Gasteiger partial charge in [-0.15, -0.1) is 22.7 Å². The van der Waals surface area contributed by atoms with Crippen LogP contribution in [-0.4, -0.2) is 27.8 Å². The Morgan fingerprint density at radius 3 is 2.69 bits per heavy atom. The van der Waals surface area contributed by atoms with Crippen LogP contribution in [0.15, 0.2) is 58.0 Å². The van der Waals surface area contributed by atoms with Crippen molar-refractivity contribution in [1.82, 2.24) is 14.9 Å². The fraction of sp³-hybridized carbons (Fsp3) is 0.105. The second-order valence-electron chi connectivity index (χ2n) is 5.84. The van der Waals surface area contributed by atoms with Gasteiger partial charge in [-0.3, -0.25) is 9.59 Å². The molecule has 130 valence electrons. The Bertz CT molecular complexity index is 1130.